The Bertz CT molecular complexity index is 1130. The number of anilines is 1. The second-order valence-electron chi connectivity index (χ2n) is 6.82. The molecule has 0 radical (unpaired) electrons. The van der Waals surface area contributed by atoms with Crippen LogP contribution in [0.5, 0.6) is 5.75 Å². The molecule has 0 unspecified atom stereocenters. The van der Waals surface area contributed by atoms with Crippen LogP contribution in [0.25, 0.3) is 6.08 Å². The van der Waals surface area contributed by atoms with Crippen molar-refractivity contribution >= 4 is 57.3 Å². The Morgan fingerprint density at radius 1 is 1.00 bits per heavy atom. The Balaban J connectivity index is 1.49. The van der Waals surface area contributed by atoms with Gasteiger partial charge in [0.05, 0.1) is 14.2 Å². The summed E-state index contributed by atoms with van der Waals surface area (Å²) in [6.45, 7) is 2.55. The van der Waals surface area contributed by atoms with E-state index in [1.165, 1.54) is 10.5 Å². The highest BCUT2D eigenvalue weighted by Crippen LogP contribution is 2.36. The summed E-state index contributed by atoms with van der Waals surface area (Å²) in [5, 5.41) is -0.287. The summed E-state index contributed by atoms with van der Waals surface area (Å²) in [4.78, 5) is 26.7. The van der Waals surface area contributed by atoms with Gasteiger partial charge < -0.3 is 4.74 Å². The minimum absolute atomic E-state index is 0.287. The summed E-state index contributed by atoms with van der Waals surface area (Å²) in [6, 6.07) is 22.9. The minimum atomic E-state index is -0.300. The van der Waals surface area contributed by atoms with E-state index in [-0.39, 0.29) is 11.1 Å². The SMILES string of the molecule is Cc1ccc(COc2ccc(/C=C3\SC(=O)N(c4ccccc4)C3=O)cc2I)cc1. The van der Waals surface area contributed by atoms with E-state index in [9.17, 15) is 9.59 Å². The second-order valence-corrected chi connectivity index (χ2v) is 8.97. The molecular weight excluding hydrogens is 509 g/mol. The molecule has 150 valence electrons. The molecule has 6 heteroatoms. The lowest BCUT2D eigenvalue weighted by molar-refractivity contribution is -0.113. The number of halogens is 1. The maximum Gasteiger partial charge on any atom is 0.298 e. The molecule has 2 amide bonds. The molecule has 1 aliphatic heterocycles. The van der Waals surface area contributed by atoms with Crippen LogP contribution in [0.3, 0.4) is 0 Å². The van der Waals surface area contributed by atoms with Gasteiger partial charge in [-0.2, -0.15) is 0 Å². The normalized spacial score (nSPS) is 15.1. The molecule has 0 aromatic heterocycles. The molecule has 0 atom stereocenters. The largest absolute Gasteiger partial charge is 0.488 e. The van der Waals surface area contributed by atoms with E-state index in [1.54, 1.807) is 30.3 Å². The number of benzene rings is 3. The molecule has 1 heterocycles. The topological polar surface area (TPSA) is 46.6 Å². The lowest BCUT2D eigenvalue weighted by Gasteiger charge is -2.11. The van der Waals surface area contributed by atoms with E-state index in [1.807, 2.05) is 24.3 Å². The lowest BCUT2D eigenvalue weighted by Crippen LogP contribution is -2.27. The van der Waals surface area contributed by atoms with Gasteiger partial charge in [0.15, 0.2) is 0 Å². The van der Waals surface area contributed by atoms with Gasteiger partial charge in [0.1, 0.15) is 12.4 Å². The smallest absolute Gasteiger partial charge is 0.298 e. The average Bonchev–Trinajstić information content (AvgIpc) is 3.02. The number of thioether (sulfide) groups is 1. The van der Waals surface area contributed by atoms with Crippen LogP contribution in [0.15, 0.2) is 77.7 Å². The van der Waals surface area contributed by atoms with Crippen LogP contribution in [-0.2, 0) is 11.4 Å². The summed E-state index contributed by atoms with van der Waals surface area (Å²) in [5.41, 5.74) is 3.75. The van der Waals surface area contributed by atoms with Crippen molar-refractivity contribution < 1.29 is 14.3 Å². The number of rotatable bonds is 5. The van der Waals surface area contributed by atoms with Crippen molar-refractivity contribution in [3.63, 3.8) is 0 Å². The van der Waals surface area contributed by atoms with Crippen LogP contribution in [0.2, 0.25) is 0 Å². The Morgan fingerprint density at radius 2 is 1.73 bits per heavy atom. The van der Waals surface area contributed by atoms with E-state index in [2.05, 4.69) is 53.8 Å². The van der Waals surface area contributed by atoms with Gasteiger partial charge in [-0.25, -0.2) is 4.90 Å². The Morgan fingerprint density at radius 3 is 2.43 bits per heavy atom. The summed E-state index contributed by atoms with van der Waals surface area (Å²) in [5.74, 6) is 0.483. The van der Waals surface area contributed by atoms with E-state index < -0.39 is 0 Å². The van der Waals surface area contributed by atoms with Crippen molar-refractivity contribution in [2.24, 2.45) is 0 Å². The summed E-state index contributed by atoms with van der Waals surface area (Å²) < 4.78 is 6.88. The number of para-hydroxylation sites is 1. The van der Waals surface area contributed by atoms with Crippen LogP contribution in [-0.4, -0.2) is 11.1 Å². The molecule has 0 spiro atoms. The van der Waals surface area contributed by atoms with E-state index in [0.717, 1.165) is 32.2 Å². The Hall–Kier alpha value is -2.58. The van der Waals surface area contributed by atoms with E-state index in [4.69, 9.17) is 4.74 Å². The zero-order chi connectivity index (χ0) is 21.1. The number of hydrogen-bond donors (Lipinski definition) is 0. The summed E-state index contributed by atoms with van der Waals surface area (Å²) >= 11 is 3.18. The lowest BCUT2D eigenvalue weighted by atomic mass is 10.1. The number of amides is 2. The molecular formula is C24H18INO3S. The van der Waals surface area contributed by atoms with Gasteiger partial charge in [-0.3, -0.25) is 9.59 Å². The maximum atomic E-state index is 12.7. The number of carbonyl (C=O) groups is 2. The fourth-order valence-corrected chi connectivity index (χ4v) is 4.52. The first-order valence-electron chi connectivity index (χ1n) is 9.32. The highest BCUT2D eigenvalue weighted by molar-refractivity contribution is 14.1. The van der Waals surface area contributed by atoms with Gasteiger partial charge in [0.2, 0.25) is 0 Å². The molecule has 0 saturated carbocycles. The average molecular weight is 527 g/mol. The third-order valence-corrected chi connectivity index (χ3v) is 6.29. The number of hydrogen-bond acceptors (Lipinski definition) is 4. The van der Waals surface area contributed by atoms with Crippen molar-refractivity contribution in [1.29, 1.82) is 0 Å². The van der Waals surface area contributed by atoms with Gasteiger partial charge in [-0.15, -0.1) is 0 Å². The quantitative estimate of drug-likeness (QED) is 0.284. The zero-order valence-electron chi connectivity index (χ0n) is 16.2. The van der Waals surface area contributed by atoms with Crippen LogP contribution in [0.4, 0.5) is 10.5 Å². The van der Waals surface area contributed by atoms with Gasteiger partial charge in [0.25, 0.3) is 11.1 Å². The van der Waals surface area contributed by atoms with Gasteiger partial charge >= 0.3 is 0 Å². The fourth-order valence-electron chi connectivity index (χ4n) is 2.99. The standard InChI is InChI=1S/C24H18INO3S/c1-16-7-9-17(10-8-16)15-29-21-12-11-18(13-20(21)25)14-22-23(27)26(24(28)30-22)19-5-3-2-4-6-19/h2-14H,15H2,1H3/b22-14-. The summed E-state index contributed by atoms with van der Waals surface area (Å²) in [6.07, 6.45) is 1.75. The van der Waals surface area contributed by atoms with Crippen molar-refractivity contribution in [2.75, 3.05) is 4.90 Å². The molecule has 4 nitrogen and oxygen atoms in total. The maximum absolute atomic E-state index is 12.7. The van der Waals surface area contributed by atoms with Gasteiger partial charge in [-0.1, -0.05) is 54.1 Å². The van der Waals surface area contributed by atoms with Crippen molar-refractivity contribution in [1.82, 2.24) is 0 Å². The van der Waals surface area contributed by atoms with Crippen molar-refractivity contribution in [2.45, 2.75) is 13.5 Å². The predicted molar refractivity (Wildman–Crippen MR) is 130 cm³/mol. The van der Waals surface area contributed by atoms with Crippen LogP contribution >= 0.6 is 34.4 Å². The highest BCUT2D eigenvalue weighted by Gasteiger charge is 2.36. The number of imide groups is 1. The summed E-state index contributed by atoms with van der Waals surface area (Å²) in [7, 11) is 0. The Labute approximate surface area is 193 Å². The molecule has 30 heavy (non-hydrogen) atoms. The molecule has 1 saturated heterocycles. The first-order valence-corrected chi connectivity index (χ1v) is 11.2. The van der Waals surface area contributed by atoms with E-state index >= 15 is 0 Å². The minimum Gasteiger partial charge on any atom is -0.488 e. The van der Waals surface area contributed by atoms with Crippen LogP contribution in [0.1, 0.15) is 16.7 Å². The first-order chi connectivity index (χ1) is 14.5. The number of ether oxygens (including phenoxy) is 1. The van der Waals surface area contributed by atoms with Crippen LogP contribution < -0.4 is 9.64 Å². The molecule has 0 bridgehead atoms. The monoisotopic (exact) mass is 527 g/mol. The van der Waals surface area contributed by atoms with Gasteiger partial charge in [-0.05, 0) is 82.7 Å². The first kappa shape index (κ1) is 20.7. The third kappa shape index (κ3) is 4.60. The number of aryl methyl sites for hydroxylation is 1. The number of nitrogens with zero attached hydrogens (tertiary/aromatic N) is 1. The van der Waals surface area contributed by atoms with Crippen molar-refractivity contribution in [3.8, 4) is 5.75 Å². The second kappa shape index (κ2) is 9.06. The molecule has 0 aliphatic carbocycles. The Kier molecular flexibility index (Phi) is 6.24. The molecule has 3 aromatic rings. The van der Waals surface area contributed by atoms with Crippen LogP contribution in [0, 0.1) is 10.5 Å². The number of carbonyl (C=O) groups excluding carboxylic acids is 2. The molecule has 1 aliphatic rings. The molecule has 1 fully saturated rings. The molecule has 3 aromatic carbocycles. The predicted octanol–water partition coefficient (Wildman–Crippen LogP) is 6.42. The zero-order valence-corrected chi connectivity index (χ0v) is 19.1. The fraction of sp³-hybridized carbons (Fsp3) is 0.0833. The van der Waals surface area contributed by atoms with E-state index in [0.29, 0.717) is 17.2 Å². The van der Waals surface area contributed by atoms with Crippen molar-refractivity contribution in [3.05, 3.63) is 98.0 Å². The highest BCUT2D eigenvalue weighted by atomic mass is 127. The molecule has 4 rings (SSSR count). The molecule has 0 N–H and O–H groups in total. The van der Waals surface area contributed by atoms with Gasteiger partial charge in [0, 0.05) is 0 Å². The third-order valence-electron chi connectivity index (χ3n) is 4.58.